The van der Waals surface area contributed by atoms with Gasteiger partial charge < -0.3 is 19.7 Å². The fourth-order valence-corrected chi connectivity index (χ4v) is 2.31. The van der Waals surface area contributed by atoms with Crippen LogP contribution >= 0.6 is 0 Å². The van der Waals surface area contributed by atoms with E-state index in [2.05, 4.69) is 17.3 Å². The molecule has 0 aromatic carbocycles. The van der Waals surface area contributed by atoms with E-state index in [1.165, 1.54) is 13.1 Å². The topological polar surface area (TPSA) is 88.1 Å². The molecular weight excluding hydrogens is 272 g/mol. The summed E-state index contributed by atoms with van der Waals surface area (Å²) in [7, 11) is -1.67. The smallest absolute Gasteiger partial charge is 0.264 e. The van der Waals surface area contributed by atoms with Crippen LogP contribution in [0.5, 0.6) is 0 Å². The van der Waals surface area contributed by atoms with Crippen LogP contribution in [-0.4, -0.2) is 76.4 Å². The van der Waals surface area contributed by atoms with E-state index in [0.29, 0.717) is 26.1 Å². The fourth-order valence-electron chi connectivity index (χ4n) is 1.78. The van der Waals surface area contributed by atoms with Gasteiger partial charge in [-0.1, -0.05) is 0 Å². The minimum Gasteiger partial charge on any atom is -0.350 e. The maximum absolute atomic E-state index is 10.3. The summed E-state index contributed by atoms with van der Waals surface area (Å²) in [6.07, 6.45) is 0.593. The Kier molecular flexibility index (Phi) is 7.81. The molecule has 2 heterocycles. The van der Waals surface area contributed by atoms with Gasteiger partial charge in [0.15, 0.2) is 6.29 Å². The molecule has 0 saturated carbocycles. The molecule has 8 heteroatoms. The normalized spacial score (nSPS) is 22.0. The average molecular weight is 296 g/mol. The molecule has 0 aromatic heterocycles. The summed E-state index contributed by atoms with van der Waals surface area (Å²) in [4.78, 5) is 2.33. The van der Waals surface area contributed by atoms with E-state index >= 15 is 0 Å². The molecule has 0 spiro atoms. The minimum absolute atomic E-state index is 0.226. The zero-order valence-corrected chi connectivity index (χ0v) is 12.2. The van der Waals surface area contributed by atoms with Crippen molar-refractivity contribution in [1.82, 2.24) is 10.2 Å². The second-order valence-electron chi connectivity index (χ2n) is 4.65. The lowest BCUT2D eigenvalue weighted by Gasteiger charge is -2.21. The first-order valence-electron chi connectivity index (χ1n) is 6.55. The summed E-state index contributed by atoms with van der Waals surface area (Å²) in [5.41, 5.74) is 0. The molecule has 0 aliphatic carbocycles. The maximum atomic E-state index is 10.3. The fraction of sp³-hybridized carbons (Fsp3) is 1.00. The molecular formula is C11H24N2O5S. The summed E-state index contributed by atoms with van der Waals surface area (Å²) in [6.45, 7) is 5.88. The van der Waals surface area contributed by atoms with Gasteiger partial charge in [-0.2, -0.15) is 8.42 Å². The van der Waals surface area contributed by atoms with Gasteiger partial charge in [0.25, 0.3) is 10.1 Å². The van der Waals surface area contributed by atoms with E-state index in [0.717, 1.165) is 13.1 Å². The lowest BCUT2D eigenvalue weighted by molar-refractivity contribution is -0.0467. The van der Waals surface area contributed by atoms with Gasteiger partial charge in [0.05, 0.1) is 19.0 Å². The predicted octanol–water partition coefficient (Wildman–Crippen LogP) is -0.451. The molecule has 0 amide bonds. The van der Waals surface area contributed by atoms with Gasteiger partial charge in [0, 0.05) is 26.2 Å². The first-order valence-corrected chi connectivity index (χ1v) is 8.16. The van der Waals surface area contributed by atoms with Gasteiger partial charge in [-0.15, -0.1) is 0 Å². The Labute approximate surface area is 115 Å². The summed E-state index contributed by atoms with van der Waals surface area (Å²) in [5.74, 6) is -0.226. The van der Waals surface area contributed by atoms with Crippen LogP contribution in [0.1, 0.15) is 12.8 Å². The van der Waals surface area contributed by atoms with Gasteiger partial charge in [0.2, 0.25) is 0 Å². The molecule has 7 nitrogen and oxygen atoms in total. The third-order valence-corrected chi connectivity index (χ3v) is 3.68. The highest BCUT2D eigenvalue weighted by Crippen LogP contribution is 2.10. The van der Waals surface area contributed by atoms with Crippen LogP contribution in [0.25, 0.3) is 0 Å². The van der Waals surface area contributed by atoms with Crippen molar-refractivity contribution >= 4 is 10.1 Å². The summed E-state index contributed by atoms with van der Waals surface area (Å²) >= 11 is 0. The Morgan fingerprint density at radius 3 is 2.26 bits per heavy atom. The monoisotopic (exact) mass is 296 g/mol. The molecule has 0 radical (unpaired) electrons. The number of nitrogens with one attached hydrogen (secondary N) is 1. The Morgan fingerprint density at radius 2 is 1.84 bits per heavy atom. The van der Waals surface area contributed by atoms with Crippen molar-refractivity contribution in [2.45, 2.75) is 19.1 Å². The van der Waals surface area contributed by atoms with Crippen LogP contribution in [0.2, 0.25) is 0 Å². The van der Waals surface area contributed by atoms with Gasteiger partial charge in [-0.3, -0.25) is 4.55 Å². The number of likely N-dealkylation sites (N-methyl/N-ethyl adjacent to an activating group) is 1. The zero-order chi connectivity index (χ0) is 14.1. The first kappa shape index (κ1) is 16.8. The zero-order valence-electron chi connectivity index (χ0n) is 11.4. The van der Waals surface area contributed by atoms with Crippen molar-refractivity contribution in [2.24, 2.45) is 0 Å². The first-order chi connectivity index (χ1) is 8.97. The van der Waals surface area contributed by atoms with E-state index < -0.39 is 10.1 Å². The molecule has 114 valence electrons. The predicted molar refractivity (Wildman–Crippen MR) is 71.7 cm³/mol. The van der Waals surface area contributed by atoms with Crippen molar-refractivity contribution in [2.75, 3.05) is 52.2 Å². The molecule has 2 aliphatic rings. The highest BCUT2D eigenvalue weighted by atomic mass is 32.2. The number of hydrogen-bond acceptors (Lipinski definition) is 6. The van der Waals surface area contributed by atoms with E-state index in [9.17, 15) is 8.42 Å². The molecule has 0 unspecified atom stereocenters. The maximum Gasteiger partial charge on any atom is 0.264 e. The number of rotatable bonds is 4. The largest absolute Gasteiger partial charge is 0.350 e. The summed E-state index contributed by atoms with van der Waals surface area (Å²) in [6, 6.07) is 0. The SMILES string of the molecule is CN1CCNCC1.O=S(=O)(O)CCCC1OCCO1. The average Bonchev–Trinajstić information content (AvgIpc) is 2.82. The highest BCUT2D eigenvalue weighted by molar-refractivity contribution is 7.85. The van der Waals surface area contributed by atoms with E-state index in [4.69, 9.17) is 14.0 Å². The van der Waals surface area contributed by atoms with Crippen molar-refractivity contribution in [3.05, 3.63) is 0 Å². The molecule has 2 rings (SSSR count). The Hall–Kier alpha value is -0.250. The lowest BCUT2D eigenvalue weighted by atomic mass is 10.3. The van der Waals surface area contributed by atoms with Crippen LogP contribution in [0.4, 0.5) is 0 Å². The second-order valence-corrected chi connectivity index (χ2v) is 6.22. The van der Waals surface area contributed by atoms with E-state index in [-0.39, 0.29) is 12.0 Å². The van der Waals surface area contributed by atoms with Crippen LogP contribution in [-0.2, 0) is 19.6 Å². The molecule has 0 bridgehead atoms. The van der Waals surface area contributed by atoms with Crippen molar-refractivity contribution < 1.29 is 22.4 Å². The Morgan fingerprint density at radius 1 is 1.26 bits per heavy atom. The molecule has 2 N–H and O–H groups in total. The molecule has 2 saturated heterocycles. The van der Waals surface area contributed by atoms with Crippen LogP contribution in [0.15, 0.2) is 0 Å². The number of piperazine rings is 1. The van der Waals surface area contributed by atoms with Gasteiger partial charge >= 0.3 is 0 Å². The van der Waals surface area contributed by atoms with Crippen molar-refractivity contribution in [1.29, 1.82) is 0 Å². The molecule has 19 heavy (non-hydrogen) atoms. The van der Waals surface area contributed by atoms with E-state index in [1.54, 1.807) is 0 Å². The van der Waals surface area contributed by atoms with Crippen LogP contribution in [0.3, 0.4) is 0 Å². The van der Waals surface area contributed by atoms with Crippen molar-refractivity contribution in [3.63, 3.8) is 0 Å². The summed E-state index contributed by atoms with van der Waals surface area (Å²) < 4.78 is 39.1. The Bertz CT molecular complexity index is 324. The third kappa shape index (κ3) is 9.31. The van der Waals surface area contributed by atoms with Gasteiger partial charge in [-0.05, 0) is 19.9 Å². The molecule has 0 atom stereocenters. The summed E-state index contributed by atoms with van der Waals surface area (Å²) in [5, 5.41) is 3.27. The van der Waals surface area contributed by atoms with E-state index in [1.807, 2.05) is 0 Å². The van der Waals surface area contributed by atoms with Crippen LogP contribution in [0, 0.1) is 0 Å². The highest BCUT2D eigenvalue weighted by Gasteiger charge is 2.16. The quantitative estimate of drug-likeness (QED) is 0.679. The minimum atomic E-state index is -3.83. The second kappa shape index (κ2) is 8.83. The van der Waals surface area contributed by atoms with Gasteiger partial charge in [0.1, 0.15) is 0 Å². The standard InChI is InChI=1S/C6H12O5S.C5H12N2/c7-12(8,9)5-1-2-6-10-3-4-11-6;1-7-4-2-6-3-5-7/h6H,1-5H2,(H,7,8,9);6H,2-5H2,1H3. The number of nitrogens with zero attached hydrogens (tertiary/aromatic N) is 1. The lowest BCUT2D eigenvalue weighted by Crippen LogP contribution is -2.40. The Balaban J connectivity index is 0.000000218. The molecule has 2 aliphatic heterocycles. The van der Waals surface area contributed by atoms with Crippen LogP contribution < -0.4 is 5.32 Å². The molecule has 0 aromatic rings. The van der Waals surface area contributed by atoms with Gasteiger partial charge in [-0.25, -0.2) is 0 Å². The third-order valence-electron chi connectivity index (χ3n) is 2.87. The number of hydrogen-bond donors (Lipinski definition) is 2. The molecule has 2 fully saturated rings. The van der Waals surface area contributed by atoms with Crippen molar-refractivity contribution in [3.8, 4) is 0 Å². The number of ether oxygens (including phenoxy) is 2.